The van der Waals surface area contributed by atoms with Crippen LogP contribution in [0.25, 0.3) is 0 Å². The molecule has 0 aliphatic rings. The summed E-state index contributed by atoms with van der Waals surface area (Å²) in [5.41, 5.74) is 4.82. The van der Waals surface area contributed by atoms with Gasteiger partial charge in [0.05, 0.1) is 14.2 Å². The van der Waals surface area contributed by atoms with Crippen LogP contribution in [-0.4, -0.2) is 30.3 Å². The first kappa shape index (κ1) is 11.8. The second kappa shape index (κ2) is 4.96. The first-order valence-corrected chi connectivity index (χ1v) is 4.79. The summed E-state index contributed by atoms with van der Waals surface area (Å²) in [5.74, 6) is 0.498. The van der Waals surface area contributed by atoms with Crippen LogP contribution in [0.5, 0.6) is 17.8 Å². The molecule has 1 amide bonds. The van der Waals surface area contributed by atoms with Crippen molar-refractivity contribution in [2.75, 3.05) is 14.2 Å². The molecule has 0 spiro atoms. The number of primary amides is 1. The molecule has 0 radical (unpaired) electrons. The highest BCUT2D eigenvalue weighted by atomic mass is 127. The summed E-state index contributed by atoms with van der Waals surface area (Å²) in [6, 6.07) is -0.211. The third-order valence-corrected chi connectivity index (χ3v) is 2.27. The predicted molar refractivity (Wildman–Crippen MR) is 58.1 cm³/mol. The van der Waals surface area contributed by atoms with E-state index in [1.807, 2.05) is 22.6 Å². The van der Waals surface area contributed by atoms with Crippen LogP contribution in [0.1, 0.15) is 0 Å². The van der Waals surface area contributed by atoms with Gasteiger partial charge in [0.1, 0.15) is 3.57 Å². The summed E-state index contributed by atoms with van der Waals surface area (Å²) < 4.78 is 15.0. The summed E-state index contributed by atoms with van der Waals surface area (Å²) in [5, 5.41) is 0. The molecule has 0 aliphatic carbocycles. The minimum absolute atomic E-state index is 0.211. The zero-order valence-corrected chi connectivity index (χ0v) is 10.1. The lowest BCUT2D eigenvalue weighted by molar-refractivity contribution is 0.205. The molecule has 1 heterocycles. The van der Waals surface area contributed by atoms with Gasteiger partial charge in [-0.05, 0) is 22.6 Å². The first-order chi connectivity index (χ1) is 7.08. The van der Waals surface area contributed by atoms with E-state index in [0.717, 1.165) is 0 Å². The fraction of sp³-hybridized carbons (Fsp3) is 0.286. The van der Waals surface area contributed by atoms with Crippen LogP contribution in [0.4, 0.5) is 4.79 Å². The number of hydrogen-bond acceptors (Lipinski definition) is 6. The molecule has 1 aromatic heterocycles. The molecule has 2 N–H and O–H groups in total. The van der Waals surface area contributed by atoms with Crippen LogP contribution in [0.2, 0.25) is 0 Å². The molecule has 0 bridgehead atoms. The SMILES string of the molecule is COc1nc(OC(N)=O)nc(OC)c1I. The minimum atomic E-state index is -1.000. The van der Waals surface area contributed by atoms with Gasteiger partial charge < -0.3 is 19.9 Å². The van der Waals surface area contributed by atoms with Gasteiger partial charge in [-0.2, -0.15) is 9.97 Å². The Morgan fingerprint density at radius 1 is 1.27 bits per heavy atom. The highest BCUT2D eigenvalue weighted by Gasteiger charge is 2.15. The average molecular weight is 325 g/mol. The van der Waals surface area contributed by atoms with Gasteiger partial charge in [0.2, 0.25) is 11.8 Å². The fourth-order valence-corrected chi connectivity index (χ4v) is 1.48. The smallest absolute Gasteiger partial charge is 0.412 e. The van der Waals surface area contributed by atoms with Crippen molar-refractivity contribution < 1.29 is 19.0 Å². The summed E-state index contributed by atoms with van der Waals surface area (Å²) in [7, 11) is 2.86. The highest BCUT2D eigenvalue weighted by molar-refractivity contribution is 14.1. The standard InChI is InChI=1S/C7H8IN3O4/c1-13-4-3(8)5(14-2)11-7(10-4)15-6(9)12/h1-2H3,(H2,9,12). The molecule has 0 fully saturated rings. The van der Waals surface area contributed by atoms with Crippen molar-refractivity contribution in [2.24, 2.45) is 5.73 Å². The van der Waals surface area contributed by atoms with E-state index in [1.54, 1.807) is 0 Å². The van der Waals surface area contributed by atoms with Crippen LogP contribution in [-0.2, 0) is 0 Å². The van der Waals surface area contributed by atoms with E-state index in [1.165, 1.54) is 14.2 Å². The molecule has 7 nitrogen and oxygen atoms in total. The lowest BCUT2D eigenvalue weighted by atomic mass is 10.6. The van der Waals surface area contributed by atoms with E-state index in [9.17, 15) is 4.79 Å². The normalized spacial score (nSPS) is 9.53. The van der Waals surface area contributed by atoms with Gasteiger partial charge in [-0.1, -0.05) is 0 Å². The van der Waals surface area contributed by atoms with Crippen molar-refractivity contribution in [3.63, 3.8) is 0 Å². The van der Waals surface area contributed by atoms with E-state index in [4.69, 9.17) is 15.2 Å². The van der Waals surface area contributed by atoms with E-state index >= 15 is 0 Å². The van der Waals surface area contributed by atoms with Gasteiger partial charge in [0, 0.05) is 0 Å². The zero-order chi connectivity index (χ0) is 11.4. The van der Waals surface area contributed by atoms with Gasteiger partial charge in [-0.25, -0.2) is 4.79 Å². The second-order valence-corrected chi connectivity index (χ2v) is 3.34. The lowest BCUT2D eigenvalue weighted by Gasteiger charge is -2.07. The number of rotatable bonds is 3. The van der Waals surface area contributed by atoms with Crippen LogP contribution in [0.3, 0.4) is 0 Å². The average Bonchev–Trinajstić information content (AvgIpc) is 2.19. The number of ether oxygens (including phenoxy) is 3. The first-order valence-electron chi connectivity index (χ1n) is 3.71. The lowest BCUT2D eigenvalue weighted by Crippen LogP contribution is -2.18. The number of nitrogens with two attached hydrogens (primary N) is 1. The third-order valence-electron chi connectivity index (χ3n) is 1.35. The maximum Gasteiger partial charge on any atom is 0.412 e. The van der Waals surface area contributed by atoms with E-state index in [-0.39, 0.29) is 17.8 Å². The van der Waals surface area contributed by atoms with E-state index < -0.39 is 6.09 Å². The van der Waals surface area contributed by atoms with Crippen molar-refractivity contribution in [1.29, 1.82) is 0 Å². The minimum Gasteiger partial charge on any atom is -0.480 e. The highest BCUT2D eigenvalue weighted by Crippen LogP contribution is 2.28. The Hall–Kier alpha value is -1.32. The monoisotopic (exact) mass is 325 g/mol. The Morgan fingerprint density at radius 3 is 2.07 bits per heavy atom. The quantitative estimate of drug-likeness (QED) is 0.816. The summed E-state index contributed by atoms with van der Waals surface area (Å²) in [6.07, 6.45) is -1.000. The molecular formula is C7H8IN3O4. The molecule has 15 heavy (non-hydrogen) atoms. The number of nitrogens with zero attached hydrogens (tertiary/aromatic N) is 2. The topological polar surface area (TPSA) is 96.6 Å². The molecule has 0 aromatic carbocycles. The van der Waals surface area contributed by atoms with E-state index in [2.05, 4.69) is 14.7 Å². The molecule has 8 heteroatoms. The van der Waals surface area contributed by atoms with Crippen molar-refractivity contribution >= 4 is 28.7 Å². The number of methoxy groups -OCH3 is 2. The van der Waals surface area contributed by atoms with Gasteiger partial charge in [0.15, 0.2) is 0 Å². The molecule has 1 rings (SSSR count). The van der Waals surface area contributed by atoms with Gasteiger partial charge in [-0.15, -0.1) is 0 Å². The predicted octanol–water partition coefficient (Wildman–Crippen LogP) is 0.556. The van der Waals surface area contributed by atoms with Crippen LogP contribution < -0.4 is 19.9 Å². The molecular weight excluding hydrogens is 317 g/mol. The maximum atomic E-state index is 10.5. The summed E-state index contributed by atoms with van der Waals surface area (Å²) in [6.45, 7) is 0. The number of aromatic nitrogens is 2. The molecule has 0 saturated heterocycles. The number of carbonyl (C=O) groups excluding carboxylic acids is 1. The second-order valence-electron chi connectivity index (χ2n) is 2.26. The molecule has 0 unspecified atom stereocenters. The molecule has 82 valence electrons. The van der Waals surface area contributed by atoms with Crippen LogP contribution >= 0.6 is 22.6 Å². The summed E-state index contributed by atoms with van der Waals surface area (Å²) >= 11 is 1.94. The Morgan fingerprint density at radius 2 is 1.73 bits per heavy atom. The van der Waals surface area contributed by atoms with Gasteiger partial charge in [-0.3, -0.25) is 0 Å². The molecule has 0 atom stereocenters. The zero-order valence-electron chi connectivity index (χ0n) is 7.98. The number of carbonyl (C=O) groups is 1. The number of hydrogen-bond donors (Lipinski definition) is 1. The molecule has 0 aliphatic heterocycles. The van der Waals surface area contributed by atoms with Crippen LogP contribution in [0.15, 0.2) is 0 Å². The van der Waals surface area contributed by atoms with Crippen molar-refractivity contribution in [3.8, 4) is 17.8 Å². The molecule has 1 aromatic rings. The van der Waals surface area contributed by atoms with Gasteiger partial charge >= 0.3 is 12.1 Å². The summed E-state index contributed by atoms with van der Waals surface area (Å²) in [4.78, 5) is 18.1. The van der Waals surface area contributed by atoms with Crippen molar-refractivity contribution in [1.82, 2.24) is 9.97 Å². The third kappa shape index (κ3) is 2.81. The number of halogens is 1. The van der Waals surface area contributed by atoms with Crippen LogP contribution in [0, 0.1) is 3.57 Å². The Kier molecular flexibility index (Phi) is 3.88. The Bertz CT molecular complexity index is 359. The van der Waals surface area contributed by atoms with E-state index in [0.29, 0.717) is 3.57 Å². The van der Waals surface area contributed by atoms with Gasteiger partial charge in [0.25, 0.3) is 0 Å². The fourth-order valence-electron chi connectivity index (χ4n) is 0.794. The Labute approximate surface area is 99.1 Å². The Balaban J connectivity index is 3.14. The van der Waals surface area contributed by atoms with Crippen molar-refractivity contribution in [2.45, 2.75) is 0 Å². The molecule has 0 saturated carbocycles. The number of amides is 1. The largest absolute Gasteiger partial charge is 0.480 e. The van der Waals surface area contributed by atoms with Crippen molar-refractivity contribution in [3.05, 3.63) is 3.57 Å². The maximum absolute atomic E-state index is 10.5.